The smallest absolute Gasteiger partial charge is 0.221 e. The number of carbonyl (C=O) groups excluding carboxylic acids is 1. The van der Waals surface area contributed by atoms with Crippen LogP contribution in [0.3, 0.4) is 0 Å². The largest absolute Gasteiger partial charge is 0.356 e. The van der Waals surface area contributed by atoms with E-state index < -0.39 is 0 Å². The van der Waals surface area contributed by atoms with Gasteiger partial charge in [-0.3, -0.25) is 4.79 Å². The molecule has 0 saturated heterocycles. The molecule has 0 spiro atoms. The Balaban J connectivity index is 3.27. The first-order chi connectivity index (χ1) is 8.45. The van der Waals surface area contributed by atoms with Gasteiger partial charge in [0.2, 0.25) is 5.91 Å². The second kappa shape index (κ2) is 10.7. The van der Waals surface area contributed by atoms with E-state index in [0.29, 0.717) is 6.42 Å². The zero-order valence-electron chi connectivity index (χ0n) is 12.5. The quantitative estimate of drug-likeness (QED) is 0.602. The molecule has 0 saturated carbocycles. The van der Waals surface area contributed by atoms with Gasteiger partial charge in [0.05, 0.1) is 0 Å². The molecular formula is C14H30N2OS. The topological polar surface area (TPSA) is 41.1 Å². The third kappa shape index (κ3) is 13.8. The number of amides is 1. The monoisotopic (exact) mass is 274 g/mol. The van der Waals surface area contributed by atoms with Gasteiger partial charge in [-0.1, -0.05) is 12.8 Å². The first kappa shape index (κ1) is 17.8. The van der Waals surface area contributed by atoms with Crippen LogP contribution in [0.2, 0.25) is 0 Å². The highest BCUT2D eigenvalue weighted by atomic mass is 32.2. The van der Waals surface area contributed by atoms with Crippen LogP contribution in [0.4, 0.5) is 0 Å². The Hall–Kier alpha value is -0.220. The van der Waals surface area contributed by atoms with E-state index in [4.69, 9.17) is 0 Å². The minimum absolute atomic E-state index is 0.0948. The number of hydrogen-bond donors (Lipinski definition) is 2. The molecule has 0 aliphatic rings. The summed E-state index contributed by atoms with van der Waals surface area (Å²) in [4.78, 5) is 11.5. The summed E-state index contributed by atoms with van der Waals surface area (Å²) in [5.41, 5.74) is 0.0948. The molecule has 18 heavy (non-hydrogen) atoms. The molecular weight excluding hydrogens is 244 g/mol. The molecule has 0 aromatic rings. The van der Waals surface area contributed by atoms with E-state index in [1.165, 1.54) is 25.0 Å². The van der Waals surface area contributed by atoms with E-state index in [1.54, 1.807) is 0 Å². The lowest BCUT2D eigenvalue weighted by atomic mass is 10.1. The maximum absolute atomic E-state index is 11.5. The molecule has 2 N–H and O–H groups in total. The Morgan fingerprint density at radius 2 is 1.72 bits per heavy atom. The van der Waals surface area contributed by atoms with E-state index in [0.717, 1.165) is 19.5 Å². The van der Waals surface area contributed by atoms with E-state index in [9.17, 15) is 4.79 Å². The van der Waals surface area contributed by atoms with Crippen molar-refractivity contribution in [2.45, 2.75) is 58.4 Å². The Morgan fingerprint density at radius 1 is 1.06 bits per heavy atom. The molecule has 0 unspecified atom stereocenters. The van der Waals surface area contributed by atoms with E-state index in [1.807, 2.05) is 11.8 Å². The van der Waals surface area contributed by atoms with E-state index in [2.05, 4.69) is 37.7 Å². The molecule has 0 atom stereocenters. The van der Waals surface area contributed by atoms with Crippen LogP contribution in [0, 0.1) is 0 Å². The molecule has 0 heterocycles. The molecule has 1 amide bonds. The fraction of sp³-hybridized carbons (Fsp3) is 0.929. The van der Waals surface area contributed by atoms with Crippen LogP contribution in [0.5, 0.6) is 0 Å². The number of carbonyl (C=O) groups is 1. The molecule has 0 aromatic heterocycles. The fourth-order valence-electron chi connectivity index (χ4n) is 1.59. The van der Waals surface area contributed by atoms with Crippen molar-refractivity contribution in [2.24, 2.45) is 0 Å². The van der Waals surface area contributed by atoms with Crippen molar-refractivity contribution < 1.29 is 4.79 Å². The molecule has 108 valence electrons. The molecule has 0 fully saturated rings. The molecule has 0 bridgehead atoms. The second-order valence-electron chi connectivity index (χ2n) is 5.68. The van der Waals surface area contributed by atoms with E-state index in [-0.39, 0.29) is 11.4 Å². The van der Waals surface area contributed by atoms with Gasteiger partial charge >= 0.3 is 0 Å². The molecule has 0 aliphatic heterocycles. The van der Waals surface area contributed by atoms with Crippen molar-refractivity contribution in [3.63, 3.8) is 0 Å². The van der Waals surface area contributed by atoms with Crippen LogP contribution >= 0.6 is 11.8 Å². The van der Waals surface area contributed by atoms with Crippen molar-refractivity contribution in [2.75, 3.05) is 25.1 Å². The first-order valence-electron chi connectivity index (χ1n) is 6.96. The highest BCUT2D eigenvalue weighted by Crippen LogP contribution is 2.03. The van der Waals surface area contributed by atoms with Gasteiger partial charge in [-0.2, -0.15) is 11.8 Å². The Bertz CT molecular complexity index is 214. The molecule has 3 nitrogen and oxygen atoms in total. The van der Waals surface area contributed by atoms with Crippen LogP contribution < -0.4 is 10.6 Å². The Labute approximate surface area is 117 Å². The molecule has 0 rings (SSSR count). The lowest BCUT2D eigenvalue weighted by molar-refractivity contribution is -0.121. The van der Waals surface area contributed by atoms with Gasteiger partial charge in [0.1, 0.15) is 0 Å². The van der Waals surface area contributed by atoms with Gasteiger partial charge in [0.25, 0.3) is 0 Å². The minimum Gasteiger partial charge on any atom is -0.356 e. The third-order valence-corrected chi connectivity index (χ3v) is 3.30. The first-order valence-corrected chi connectivity index (χ1v) is 8.36. The third-order valence-electron chi connectivity index (χ3n) is 2.60. The number of thioether (sulfide) groups is 1. The molecule has 0 aliphatic carbocycles. The second-order valence-corrected chi connectivity index (χ2v) is 6.67. The van der Waals surface area contributed by atoms with Crippen molar-refractivity contribution in [3.05, 3.63) is 0 Å². The van der Waals surface area contributed by atoms with Gasteiger partial charge in [-0.25, -0.2) is 0 Å². The summed E-state index contributed by atoms with van der Waals surface area (Å²) >= 11 is 1.90. The maximum Gasteiger partial charge on any atom is 0.221 e. The minimum atomic E-state index is 0.0948. The zero-order valence-corrected chi connectivity index (χ0v) is 13.3. The summed E-state index contributed by atoms with van der Waals surface area (Å²) in [6.45, 7) is 7.91. The Kier molecular flexibility index (Phi) is 10.5. The standard InChI is InChI=1S/C14H30N2OS/c1-14(2,3)16-11-9-13(17)15-10-7-5-6-8-12-18-4/h16H,5-12H2,1-4H3,(H,15,17). The summed E-state index contributed by atoms with van der Waals surface area (Å²) in [6, 6.07) is 0. The van der Waals surface area contributed by atoms with Gasteiger partial charge in [-0.15, -0.1) is 0 Å². The number of rotatable bonds is 10. The number of nitrogens with one attached hydrogen (secondary N) is 2. The van der Waals surface area contributed by atoms with E-state index >= 15 is 0 Å². The van der Waals surface area contributed by atoms with Crippen molar-refractivity contribution in [1.82, 2.24) is 10.6 Å². The van der Waals surface area contributed by atoms with Gasteiger partial charge < -0.3 is 10.6 Å². The SMILES string of the molecule is CSCCCCCCNC(=O)CCNC(C)(C)C. The van der Waals surface area contributed by atoms with Crippen molar-refractivity contribution in [1.29, 1.82) is 0 Å². The van der Waals surface area contributed by atoms with Crippen LogP contribution in [0.15, 0.2) is 0 Å². The van der Waals surface area contributed by atoms with Crippen LogP contribution in [0.1, 0.15) is 52.9 Å². The highest BCUT2D eigenvalue weighted by Gasteiger charge is 2.09. The van der Waals surface area contributed by atoms with Gasteiger partial charge in [0.15, 0.2) is 0 Å². The normalized spacial score (nSPS) is 11.6. The zero-order chi connectivity index (χ0) is 13.9. The molecule has 0 radical (unpaired) electrons. The van der Waals surface area contributed by atoms with Crippen LogP contribution in [-0.2, 0) is 4.79 Å². The number of unbranched alkanes of at least 4 members (excludes halogenated alkanes) is 3. The predicted octanol–water partition coefficient (Wildman–Crippen LogP) is 2.80. The lowest BCUT2D eigenvalue weighted by Crippen LogP contribution is -2.38. The Morgan fingerprint density at radius 3 is 2.33 bits per heavy atom. The summed E-state index contributed by atoms with van der Waals surface area (Å²) in [7, 11) is 0. The highest BCUT2D eigenvalue weighted by molar-refractivity contribution is 7.98. The van der Waals surface area contributed by atoms with Gasteiger partial charge in [-0.05, 0) is 45.6 Å². The summed E-state index contributed by atoms with van der Waals surface area (Å²) < 4.78 is 0. The summed E-state index contributed by atoms with van der Waals surface area (Å²) in [5, 5.41) is 6.29. The average Bonchev–Trinajstić information content (AvgIpc) is 2.26. The van der Waals surface area contributed by atoms with Crippen molar-refractivity contribution >= 4 is 17.7 Å². The molecule has 0 aromatic carbocycles. The number of hydrogen-bond acceptors (Lipinski definition) is 3. The van der Waals surface area contributed by atoms with Crippen molar-refractivity contribution in [3.8, 4) is 0 Å². The maximum atomic E-state index is 11.5. The van der Waals surface area contributed by atoms with Crippen LogP contribution in [0.25, 0.3) is 0 Å². The average molecular weight is 274 g/mol. The van der Waals surface area contributed by atoms with Gasteiger partial charge in [0, 0.05) is 25.0 Å². The predicted molar refractivity (Wildman–Crippen MR) is 82.2 cm³/mol. The fourth-order valence-corrected chi connectivity index (χ4v) is 2.08. The molecule has 4 heteroatoms. The summed E-state index contributed by atoms with van der Waals surface area (Å²) in [6.07, 6.45) is 7.62. The lowest BCUT2D eigenvalue weighted by Gasteiger charge is -2.20. The van der Waals surface area contributed by atoms with Crippen LogP contribution in [-0.4, -0.2) is 36.5 Å². The summed E-state index contributed by atoms with van der Waals surface area (Å²) in [5.74, 6) is 1.42.